The molecule has 5 nitrogen and oxygen atoms in total. The van der Waals surface area contributed by atoms with Gasteiger partial charge in [0.15, 0.2) is 0 Å². The summed E-state index contributed by atoms with van der Waals surface area (Å²) in [4.78, 5) is 27.4. The normalized spacial score (nSPS) is 12.5. The number of rotatable bonds is 4. The molecule has 0 bridgehead atoms. The highest BCUT2D eigenvalue weighted by molar-refractivity contribution is 5.70. The lowest BCUT2D eigenvalue weighted by molar-refractivity contribution is -0.136. The predicted molar refractivity (Wildman–Crippen MR) is 82.7 cm³/mol. The Morgan fingerprint density at radius 3 is 2.14 bits per heavy atom. The molecule has 0 fully saturated rings. The van der Waals surface area contributed by atoms with Crippen LogP contribution in [-0.2, 0) is 16.8 Å². The van der Waals surface area contributed by atoms with Crippen molar-refractivity contribution in [1.29, 1.82) is 0 Å². The van der Waals surface area contributed by atoms with E-state index in [1.54, 1.807) is 18.4 Å². The van der Waals surface area contributed by atoms with E-state index in [1.807, 2.05) is 13.8 Å². The van der Waals surface area contributed by atoms with Crippen molar-refractivity contribution < 1.29 is 9.90 Å². The zero-order chi connectivity index (χ0) is 16.6. The molecular formula is C16H26N2O3. The predicted octanol–water partition coefficient (Wildman–Crippen LogP) is 2.66. The molecule has 21 heavy (non-hydrogen) atoms. The minimum Gasteiger partial charge on any atom is -0.481 e. The Hall–Kier alpha value is -1.65. The van der Waals surface area contributed by atoms with Crippen LogP contribution in [0, 0.1) is 19.3 Å². The lowest BCUT2D eigenvalue weighted by atomic mass is 9.81. The molecule has 1 aromatic rings. The summed E-state index contributed by atoms with van der Waals surface area (Å²) < 4.78 is 1.64. The fourth-order valence-corrected chi connectivity index (χ4v) is 3.30. The van der Waals surface area contributed by atoms with Gasteiger partial charge < -0.3 is 5.11 Å². The van der Waals surface area contributed by atoms with Crippen LogP contribution in [0.2, 0.25) is 0 Å². The molecule has 0 spiro atoms. The minimum atomic E-state index is -0.915. The summed E-state index contributed by atoms with van der Waals surface area (Å²) in [5, 5.41) is 9.05. The van der Waals surface area contributed by atoms with Crippen LogP contribution < -0.4 is 5.69 Å². The quantitative estimate of drug-likeness (QED) is 0.926. The maximum Gasteiger partial charge on any atom is 0.348 e. The summed E-state index contributed by atoms with van der Waals surface area (Å²) in [6, 6.07) is 0. The van der Waals surface area contributed by atoms with Gasteiger partial charge >= 0.3 is 11.7 Å². The van der Waals surface area contributed by atoms with Crippen molar-refractivity contribution in [2.45, 2.75) is 66.8 Å². The molecule has 0 aliphatic carbocycles. The number of aliphatic carboxylic acids is 1. The maximum atomic E-state index is 12.3. The van der Waals surface area contributed by atoms with Gasteiger partial charge in [-0.05, 0) is 39.5 Å². The molecule has 0 aliphatic rings. The Morgan fingerprint density at radius 2 is 1.71 bits per heavy atom. The van der Waals surface area contributed by atoms with Crippen LogP contribution in [0.5, 0.6) is 0 Å². The second-order valence-corrected chi connectivity index (χ2v) is 7.50. The van der Waals surface area contributed by atoms with Gasteiger partial charge in [0, 0.05) is 22.5 Å². The third-order valence-corrected chi connectivity index (χ3v) is 3.56. The number of aryl methyl sites for hydroxylation is 1. The van der Waals surface area contributed by atoms with Crippen LogP contribution in [0.15, 0.2) is 4.79 Å². The third kappa shape index (κ3) is 4.16. The van der Waals surface area contributed by atoms with Crippen molar-refractivity contribution in [3.05, 3.63) is 27.4 Å². The number of aromatic nitrogens is 2. The maximum absolute atomic E-state index is 12.3. The van der Waals surface area contributed by atoms with Gasteiger partial charge in [-0.2, -0.15) is 4.98 Å². The molecule has 0 aromatic carbocycles. The molecule has 0 unspecified atom stereocenters. The van der Waals surface area contributed by atoms with E-state index in [4.69, 9.17) is 5.11 Å². The monoisotopic (exact) mass is 294 g/mol. The number of hydrogen-bond acceptors (Lipinski definition) is 3. The number of carbonyl (C=O) groups is 1. The first-order valence-corrected chi connectivity index (χ1v) is 7.16. The lowest BCUT2D eigenvalue weighted by Gasteiger charge is -2.35. The zero-order valence-corrected chi connectivity index (χ0v) is 14.1. The first-order chi connectivity index (χ1) is 9.35. The first kappa shape index (κ1) is 17.4. The van der Waals surface area contributed by atoms with E-state index in [0.717, 1.165) is 6.42 Å². The number of nitrogens with zero attached hydrogens (tertiary/aromatic N) is 2. The molecule has 1 N–H and O–H groups in total. The van der Waals surface area contributed by atoms with Gasteiger partial charge in [0.25, 0.3) is 0 Å². The largest absolute Gasteiger partial charge is 0.481 e. The van der Waals surface area contributed by atoms with Crippen LogP contribution in [0.1, 0.15) is 58.0 Å². The molecular weight excluding hydrogens is 268 g/mol. The van der Waals surface area contributed by atoms with E-state index >= 15 is 0 Å². The zero-order valence-electron chi connectivity index (χ0n) is 14.1. The molecule has 0 amide bonds. The highest BCUT2D eigenvalue weighted by atomic mass is 16.4. The SMILES string of the molecule is Cc1nc(=O)n(C(C)(C)CC(C)(C)C)c(C)c1CC(=O)O. The summed E-state index contributed by atoms with van der Waals surface area (Å²) in [6.45, 7) is 13.8. The smallest absolute Gasteiger partial charge is 0.348 e. The van der Waals surface area contributed by atoms with E-state index in [2.05, 4.69) is 25.8 Å². The van der Waals surface area contributed by atoms with E-state index in [-0.39, 0.29) is 17.5 Å². The molecule has 0 saturated heterocycles. The highest BCUT2D eigenvalue weighted by Crippen LogP contribution is 2.32. The van der Waals surface area contributed by atoms with Crippen LogP contribution >= 0.6 is 0 Å². The number of carboxylic acids is 1. The summed E-state index contributed by atoms with van der Waals surface area (Å²) in [5.74, 6) is -0.915. The van der Waals surface area contributed by atoms with E-state index < -0.39 is 11.5 Å². The van der Waals surface area contributed by atoms with Crippen LogP contribution in [0.3, 0.4) is 0 Å². The third-order valence-electron chi connectivity index (χ3n) is 3.56. The molecule has 0 aliphatic heterocycles. The van der Waals surface area contributed by atoms with E-state index in [1.165, 1.54) is 0 Å². The molecule has 1 heterocycles. The van der Waals surface area contributed by atoms with Crippen molar-refractivity contribution in [2.24, 2.45) is 5.41 Å². The summed E-state index contributed by atoms with van der Waals surface area (Å²) >= 11 is 0. The Morgan fingerprint density at radius 1 is 1.19 bits per heavy atom. The van der Waals surface area contributed by atoms with Crippen molar-refractivity contribution >= 4 is 5.97 Å². The van der Waals surface area contributed by atoms with Gasteiger partial charge in [0.05, 0.1) is 6.42 Å². The molecule has 118 valence electrons. The molecule has 1 aromatic heterocycles. The summed E-state index contributed by atoms with van der Waals surface area (Å²) in [6.07, 6.45) is 0.675. The average molecular weight is 294 g/mol. The van der Waals surface area contributed by atoms with Crippen molar-refractivity contribution in [3.63, 3.8) is 0 Å². The number of hydrogen-bond donors (Lipinski definition) is 1. The summed E-state index contributed by atoms with van der Waals surface area (Å²) in [5.41, 5.74) is 1.14. The second-order valence-electron chi connectivity index (χ2n) is 7.50. The average Bonchev–Trinajstić information content (AvgIpc) is 2.19. The standard InChI is InChI=1S/C16H26N2O3/c1-10-12(8-13(19)20)11(2)18(14(21)17-10)16(6,7)9-15(3,4)5/h8-9H2,1-7H3,(H,19,20). The molecule has 0 saturated carbocycles. The molecule has 0 atom stereocenters. The van der Waals surface area contributed by atoms with E-state index in [9.17, 15) is 9.59 Å². The minimum absolute atomic E-state index is 0.0488. The Kier molecular flexibility index (Phi) is 4.66. The lowest BCUT2D eigenvalue weighted by Crippen LogP contribution is -2.42. The molecule has 1 rings (SSSR count). The van der Waals surface area contributed by atoms with Gasteiger partial charge in [-0.1, -0.05) is 20.8 Å². The van der Waals surface area contributed by atoms with E-state index in [0.29, 0.717) is 17.0 Å². The summed E-state index contributed by atoms with van der Waals surface area (Å²) in [7, 11) is 0. The van der Waals surface area contributed by atoms with Gasteiger partial charge in [-0.15, -0.1) is 0 Å². The van der Waals surface area contributed by atoms with Gasteiger partial charge in [0.1, 0.15) is 0 Å². The highest BCUT2D eigenvalue weighted by Gasteiger charge is 2.30. The Labute approximate surface area is 126 Å². The van der Waals surface area contributed by atoms with Gasteiger partial charge in [-0.25, -0.2) is 4.79 Å². The number of carboxylic acid groups (broad SMARTS) is 1. The first-order valence-electron chi connectivity index (χ1n) is 7.16. The topological polar surface area (TPSA) is 72.2 Å². The van der Waals surface area contributed by atoms with Crippen LogP contribution in [0.4, 0.5) is 0 Å². The fraction of sp³-hybridized carbons (Fsp3) is 0.688. The second kappa shape index (κ2) is 5.62. The molecule has 5 heteroatoms. The van der Waals surface area contributed by atoms with Crippen molar-refractivity contribution in [3.8, 4) is 0 Å². The van der Waals surface area contributed by atoms with Crippen molar-refractivity contribution in [1.82, 2.24) is 9.55 Å². The van der Waals surface area contributed by atoms with Gasteiger partial charge in [0.2, 0.25) is 0 Å². The Balaban J connectivity index is 3.49. The molecule has 0 radical (unpaired) electrons. The van der Waals surface area contributed by atoms with Gasteiger partial charge in [-0.3, -0.25) is 9.36 Å². The Bertz CT molecular complexity index is 607. The fourth-order valence-electron chi connectivity index (χ4n) is 3.30. The van der Waals surface area contributed by atoms with Crippen LogP contribution in [0.25, 0.3) is 0 Å². The van der Waals surface area contributed by atoms with Crippen molar-refractivity contribution in [2.75, 3.05) is 0 Å². The van der Waals surface area contributed by atoms with Crippen LogP contribution in [-0.4, -0.2) is 20.6 Å².